The van der Waals surface area contributed by atoms with E-state index in [1.54, 1.807) is 0 Å². The highest BCUT2D eigenvalue weighted by Crippen LogP contribution is 2.20. The van der Waals surface area contributed by atoms with Crippen LogP contribution in [0.1, 0.15) is 11.4 Å². The summed E-state index contributed by atoms with van der Waals surface area (Å²) in [5.74, 6) is 0.992. The van der Waals surface area contributed by atoms with Gasteiger partial charge in [-0.1, -0.05) is 41.9 Å². The first-order chi connectivity index (χ1) is 11.8. The smallest absolute Gasteiger partial charge is 0.134 e. The summed E-state index contributed by atoms with van der Waals surface area (Å²) in [5, 5.41) is 5.08. The van der Waals surface area contributed by atoms with Gasteiger partial charge in [-0.25, -0.2) is 9.97 Å². The van der Waals surface area contributed by atoms with Gasteiger partial charge in [-0.15, -0.1) is 0 Å². The molecular formula is C19H17ClN4. The lowest BCUT2D eigenvalue weighted by Crippen LogP contribution is -2.17. The molecule has 4 rings (SSSR count). The Morgan fingerprint density at radius 1 is 0.958 bits per heavy atom. The van der Waals surface area contributed by atoms with Crippen molar-refractivity contribution >= 4 is 33.5 Å². The average Bonchev–Trinajstić information content (AvgIpc) is 3.01. The van der Waals surface area contributed by atoms with Gasteiger partial charge in [-0.05, 0) is 24.3 Å². The molecule has 0 fully saturated rings. The van der Waals surface area contributed by atoms with Crippen LogP contribution < -0.4 is 5.32 Å². The molecule has 0 bridgehead atoms. The molecule has 120 valence electrons. The number of hydrogen-bond acceptors (Lipinski definition) is 3. The molecule has 0 aliphatic heterocycles. The van der Waals surface area contributed by atoms with Crippen LogP contribution in [0.5, 0.6) is 0 Å². The summed E-state index contributed by atoms with van der Waals surface area (Å²) in [6.45, 7) is 1.51. The molecule has 0 aliphatic rings. The van der Waals surface area contributed by atoms with E-state index < -0.39 is 0 Å². The van der Waals surface area contributed by atoms with Gasteiger partial charge in [0.25, 0.3) is 0 Å². The average molecular weight is 337 g/mol. The Bertz CT molecular complexity index is 960. The van der Waals surface area contributed by atoms with Crippen LogP contribution in [0.25, 0.3) is 21.9 Å². The van der Waals surface area contributed by atoms with Crippen molar-refractivity contribution in [3.8, 4) is 0 Å². The summed E-state index contributed by atoms with van der Waals surface area (Å²) in [7, 11) is 0. The second kappa shape index (κ2) is 6.59. The summed E-state index contributed by atoms with van der Waals surface area (Å²) in [4.78, 5) is 12.4. The summed E-state index contributed by atoms with van der Waals surface area (Å²) in [5.41, 5.74) is 4.03. The molecule has 0 saturated heterocycles. The maximum absolute atomic E-state index is 6.28. The van der Waals surface area contributed by atoms with E-state index in [9.17, 15) is 0 Å². The fraction of sp³-hybridized carbons (Fsp3) is 0.158. The van der Waals surface area contributed by atoms with E-state index in [1.807, 2.05) is 42.5 Å². The Morgan fingerprint density at radius 2 is 1.75 bits per heavy atom. The highest BCUT2D eigenvalue weighted by atomic mass is 35.5. The SMILES string of the molecule is Clc1nc2ccccc2cc1CNCCc1nc2ccccc2[nH]1. The van der Waals surface area contributed by atoms with E-state index in [1.165, 1.54) is 0 Å². The number of nitrogens with zero attached hydrogens (tertiary/aromatic N) is 2. The first-order valence-corrected chi connectivity index (χ1v) is 8.36. The number of H-pyrrole nitrogens is 1. The van der Waals surface area contributed by atoms with Gasteiger partial charge in [0.1, 0.15) is 11.0 Å². The Hall–Kier alpha value is -2.43. The molecular weight excluding hydrogens is 320 g/mol. The van der Waals surface area contributed by atoms with Crippen molar-refractivity contribution in [2.45, 2.75) is 13.0 Å². The van der Waals surface area contributed by atoms with Crippen LogP contribution in [0.4, 0.5) is 0 Å². The summed E-state index contributed by atoms with van der Waals surface area (Å²) < 4.78 is 0. The third-order valence-electron chi connectivity index (χ3n) is 4.04. The minimum atomic E-state index is 0.560. The molecule has 0 spiro atoms. The van der Waals surface area contributed by atoms with E-state index in [4.69, 9.17) is 11.6 Å². The molecule has 2 N–H and O–H groups in total. The van der Waals surface area contributed by atoms with Crippen LogP contribution in [0.2, 0.25) is 5.15 Å². The first-order valence-electron chi connectivity index (χ1n) is 7.98. The Labute approximate surface area is 144 Å². The summed E-state index contributed by atoms with van der Waals surface area (Å²) >= 11 is 6.28. The molecule has 0 saturated carbocycles. The Kier molecular flexibility index (Phi) is 4.15. The highest BCUT2D eigenvalue weighted by molar-refractivity contribution is 6.30. The first kappa shape index (κ1) is 15.1. The number of halogens is 1. The van der Waals surface area contributed by atoms with E-state index >= 15 is 0 Å². The molecule has 4 nitrogen and oxygen atoms in total. The highest BCUT2D eigenvalue weighted by Gasteiger charge is 2.05. The molecule has 0 atom stereocenters. The van der Waals surface area contributed by atoms with Crippen LogP contribution in [-0.2, 0) is 13.0 Å². The van der Waals surface area contributed by atoms with Crippen molar-refractivity contribution in [2.75, 3.05) is 6.54 Å². The van der Waals surface area contributed by atoms with E-state index in [-0.39, 0.29) is 0 Å². The Balaban J connectivity index is 1.39. The second-order valence-electron chi connectivity index (χ2n) is 5.76. The molecule has 0 amide bonds. The molecule has 2 aromatic carbocycles. The number of fused-ring (bicyclic) bond motifs is 2. The predicted octanol–water partition coefficient (Wildman–Crippen LogP) is 4.10. The third-order valence-corrected chi connectivity index (χ3v) is 4.37. The van der Waals surface area contributed by atoms with Gasteiger partial charge in [-0.3, -0.25) is 0 Å². The predicted molar refractivity (Wildman–Crippen MR) is 98.3 cm³/mol. The van der Waals surface area contributed by atoms with Gasteiger partial charge in [0, 0.05) is 30.5 Å². The largest absolute Gasteiger partial charge is 0.342 e. The monoisotopic (exact) mass is 336 g/mol. The maximum atomic E-state index is 6.28. The normalized spacial score (nSPS) is 11.4. The fourth-order valence-electron chi connectivity index (χ4n) is 2.81. The van der Waals surface area contributed by atoms with Crippen LogP contribution in [-0.4, -0.2) is 21.5 Å². The van der Waals surface area contributed by atoms with Gasteiger partial charge in [-0.2, -0.15) is 0 Å². The van der Waals surface area contributed by atoms with Crippen LogP contribution in [0.15, 0.2) is 54.6 Å². The quantitative estimate of drug-likeness (QED) is 0.426. The lowest BCUT2D eigenvalue weighted by molar-refractivity contribution is 0.674. The zero-order valence-electron chi connectivity index (χ0n) is 13.1. The van der Waals surface area contributed by atoms with Crippen LogP contribution in [0, 0.1) is 0 Å². The maximum Gasteiger partial charge on any atom is 0.134 e. The number of hydrogen-bond donors (Lipinski definition) is 2. The van der Waals surface area contributed by atoms with Gasteiger partial charge in [0.2, 0.25) is 0 Å². The zero-order valence-corrected chi connectivity index (χ0v) is 13.8. The van der Waals surface area contributed by atoms with Crippen molar-refractivity contribution < 1.29 is 0 Å². The van der Waals surface area contributed by atoms with Gasteiger partial charge in [0.15, 0.2) is 0 Å². The number of nitrogens with one attached hydrogen (secondary N) is 2. The van der Waals surface area contributed by atoms with Crippen LogP contribution >= 0.6 is 11.6 Å². The van der Waals surface area contributed by atoms with E-state index in [0.29, 0.717) is 11.7 Å². The number of para-hydroxylation sites is 3. The number of aromatic amines is 1. The molecule has 24 heavy (non-hydrogen) atoms. The van der Waals surface area contributed by atoms with E-state index in [0.717, 1.165) is 46.3 Å². The topological polar surface area (TPSA) is 53.6 Å². The zero-order chi connectivity index (χ0) is 16.4. The molecule has 0 unspecified atom stereocenters. The lowest BCUT2D eigenvalue weighted by atomic mass is 10.1. The molecule has 2 heterocycles. The summed E-state index contributed by atoms with van der Waals surface area (Å²) in [6.07, 6.45) is 0.841. The third kappa shape index (κ3) is 3.11. The van der Waals surface area contributed by atoms with Crippen molar-refractivity contribution in [3.63, 3.8) is 0 Å². The van der Waals surface area contributed by atoms with Crippen molar-refractivity contribution in [2.24, 2.45) is 0 Å². The molecule has 4 aromatic rings. The van der Waals surface area contributed by atoms with Crippen molar-refractivity contribution in [1.29, 1.82) is 0 Å². The molecule has 5 heteroatoms. The number of imidazole rings is 1. The number of rotatable bonds is 5. The molecule has 2 aromatic heterocycles. The summed E-state index contributed by atoms with van der Waals surface area (Å²) in [6, 6.07) is 18.2. The van der Waals surface area contributed by atoms with Crippen molar-refractivity contribution in [1.82, 2.24) is 20.3 Å². The number of aromatic nitrogens is 3. The van der Waals surface area contributed by atoms with Gasteiger partial charge >= 0.3 is 0 Å². The minimum absolute atomic E-state index is 0.560. The van der Waals surface area contributed by atoms with Crippen LogP contribution in [0.3, 0.4) is 0 Å². The molecule has 0 radical (unpaired) electrons. The Morgan fingerprint density at radius 3 is 2.62 bits per heavy atom. The number of pyridine rings is 1. The minimum Gasteiger partial charge on any atom is -0.342 e. The van der Waals surface area contributed by atoms with Gasteiger partial charge in [0.05, 0.1) is 16.6 Å². The van der Waals surface area contributed by atoms with E-state index in [2.05, 4.69) is 32.4 Å². The lowest BCUT2D eigenvalue weighted by Gasteiger charge is -2.07. The standard InChI is InChI=1S/C19H17ClN4/c20-19-14(11-13-5-1-2-6-15(13)24-19)12-21-10-9-18-22-16-7-3-4-8-17(16)23-18/h1-8,11,21H,9-10,12H2,(H,22,23). The second-order valence-corrected chi connectivity index (χ2v) is 6.12. The number of benzene rings is 2. The van der Waals surface area contributed by atoms with Crippen molar-refractivity contribution in [3.05, 3.63) is 71.1 Å². The van der Waals surface area contributed by atoms with Gasteiger partial charge < -0.3 is 10.3 Å². The fourth-order valence-corrected chi connectivity index (χ4v) is 3.03. The molecule has 0 aliphatic carbocycles.